The van der Waals surface area contributed by atoms with Crippen LogP contribution in [0.2, 0.25) is 0 Å². The number of hydrogen-bond acceptors (Lipinski definition) is 3. The minimum Gasteiger partial charge on any atom is -0.352 e. The van der Waals surface area contributed by atoms with Crippen molar-refractivity contribution in [1.29, 1.82) is 0 Å². The van der Waals surface area contributed by atoms with Crippen LogP contribution in [0.1, 0.15) is 45.2 Å². The lowest BCUT2D eigenvalue weighted by Gasteiger charge is -2.23. The lowest BCUT2D eigenvalue weighted by Crippen LogP contribution is -2.46. The van der Waals surface area contributed by atoms with E-state index < -0.39 is 11.7 Å². The number of aromatic nitrogens is 2. The lowest BCUT2D eigenvalue weighted by atomic mass is 10.1. The number of nitrogens with one attached hydrogen (secondary N) is 1. The van der Waals surface area contributed by atoms with Crippen LogP contribution in [-0.2, 0) is 11.3 Å². The summed E-state index contributed by atoms with van der Waals surface area (Å²) in [5.41, 5.74) is 0.523. The molecule has 3 rings (SSSR count). The zero-order chi connectivity index (χ0) is 21.0. The molecule has 3 aromatic rings. The number of rotatable bonds is 7. The summed E-state index contributed by atoms with van der Waals surface area (Å²) in [6.07, 6.45) is 1.24. The summed E-state index contributed by atoms with van der Waals surface area (Å²) in [5, 5.41) is 3.40. The highest BCUT2D eigenvalue weighted by atomic mass is 16.2. The summed E-state index contributed by atoms with van der Waals surface area (Å²) in [5.74, 6) is -0.209. The summed E-state index contributed by atoms with van der Waals surface area (Å²) in [7, 11) is 0. The van der Waals surface area contributed by atoms with Gasteiger partial charge in [-0.3, -0.25) is 18.7 Å². The van der Waals surface area contributed by atoms with Crippen LogP contribution in [-0.4, -0.2) is 21.1 Å². The number of hydrogen-bond donors (Lipinski definition) is 1. The van der Waals surface area contributed by atoms with Gasteiger partial charge in [-0.25, -0.2) is 4.79 Å². The fraction of sp³-hybridized carbons (Fsp3) is 0.348. The Morgan fingerprint density at radius 3 is 2.28 bits per heavy atom. The third-order valence-electron chi connectivity index (χ3n) is 5.26. The quantitative estimate of drug-likeness (QED) is 0.670. The van der Waals surface area contributed by atoms with Gasteiger partial charge in [0.2, 0.25) is 5.91 Å². The minimum atomic E-state index is -0.691. The van der Waals surface area contributed by atoms with Crippen LogP contribution in [0.15, 0.2) is 64.2 Å². The Bertz CT molecular complexity index is 1120. The predicted molar refractivity (Wildman–Crippen MR) is 115 cm³/mol. The molecule has 0 saturated carbocycles. The van der Waals surface area contributed by atoms with Crippen LogP contribution >= 0.6 is 0 Å². The van der Waals surface area contributed by atoms with Gasteiger partial charge in [-0.15, -0.1) is 0 Å². The molecule has 1 aromatic heterocycles. The molecular weight excluding hydrogens is 366 g/mol. The van der Waals surface area contributed by atoms with Gasteiger partial charge in [0, 0.05) is 6.04 Å². The molecule has 6 heteroatoms. The topological polar surface area (TPSA) is 73.1 Å². The second-order valence-electron chi connectivity index (χ2n) is 7.29. The van der Waals surface area contributed by atoms with E-state index in [1.165, 1.54) is 9.13 Å². The highest BCUT2D eigenvalue weighted by molar-refractivity contribution is 5.84. The van der Waals surface area contributed by atoms with Gasteiger partial charge in [0.25, 0.3) is 5.56 Å². The van der Waals surface area contributed by atoms with Crippen LogP contribution in [0.4, 0.5) is 0 Å². The Balaban J connectivity index is 2.21. The van der Waals surface area contributed by atoms with Gasteiger partial charge < -0.3 is 5.32 Å². The molecule has 0 spiro atoms. The van der Waals surface area contributed by atoms with Crippen molar-refractivity contribution in [2.75, 3.05) is 0 Å². The van der Waals surface area contributed by atoms with Gasteiger partial charge in [0.1, 0.15) is 6.04 Å². The van der Waals surface area contributed by atoms with Crippen molar-refractivity contribution in [3.63, 3.8) is 0 Å². The third-order valence-corrected chi connectivity index (χ3v) is 5.26. The Morgan fingerprint density at radius 2 is 1.62 bits per heavy atom. The van der Waals surface area contributed by atoms with E-state index in [0.717, 1.165) is 12.0 Å². The normalized spacial score (nSPS) is 13.2. The van der Waals surface area contributed by atoms with Crippen molar-refractivity contribution in [3.05, 3.63) is 81.0 Å². The summed E-state index contributed by atoms with van der Waals surface area (Å²) < 4.78 is 2.69. The van der Waals surface area contributed by atoms with Gasteiger partial charge in [-0.1, -0.05) is 56.3 Å². The van der Waals surface area contributed by atoms with E-state index in [4.69, 9.17) is 0 Å². The van der Waals surface area contributed by atoms with Crippen LogP contribution in [0.3, 0.4) is 0 Å². The molecular formula is C23H27N3O3. The second kappa shape index (κ2) is 8.90. The van der Waals surface area contributed by atoms with Crippen molar-refractivity contribution in [2.24, 2.45) is 0 Å². The summed E-state index contributed by atoms with van der Waals surface area (Å²) in [4.78, 5) is 39.4. The van der Waals surface area contributed by atoms with Gasteiger partial charge in [-0.05, 0) is 37.5 Å². The van der Waals surface area contributed by atoms with Crippen LogP contribution in [0.5, 0.6) is 0 Å². The Kier molecular flexibility index (Phi) is 6.32. The number of amides is 1. The molecule has 0 bridgehead atoms. The van der Waals surface area contributed by atoms with Gasteiger partial charge in [-0.2, -0.15) is 0 Å². The molecule has 0 saturated heterocycles. The highest BCUT2D eigenvalue weighted by Crippen LogP contribution is 2.17. The molecule has 1 N–H and O–H groups in total. The molecule has 0 aliphatic carbocycles. The fourth-order valence-corrected chi connectivity index (χ4v) is 3.46. The molecule has 152 valence electrons. The molecule has 29 heavy (non-hydrogen) atoms. The Hall–Kier alpha value is -3.15. The number of para-hydroxylation sites is 1. The Morgan fingerprint density at radius 1 is 0.966 bits per heavy atom. The molecule has 0 radical (unpaired) electrons. The average molecular weight is 393 g/mol. The van der Waals surface area contributed by atoms with Crippen molar-refractivity contribution < 1.29 is 4.79 Å². The molecule has 1 amide bonds. The molecule has 0 fully saturated rings. The number of fused-ring (bicyclic) bond motifs is 1. The number of carbonyl (C=O) groups excluding carboxylic acids is 1. The average Bonchev–Trinajstić information content (AvgIpc) is 2.74. The lowest BCUT2D eigenvalue weighted by molar-refractivity contribution is -0.125. The predicted octanol–water partition coefficient (Wildman–Crippen LogP) is 3.08. The number of carbonyl (C=O) groups is 1. The maximum absolute atomic E-state index is 13.4. The molecule has 0 aliphatic rings. The standard InChI is InChI=1S/C23H27N3O3/c1-4-16(3)24-21(27)19(5-2)26-20-14-10-9-13-18(20)22(28)25(23(26)29)15-17-11-7-6-8-12-17/h6-14,16,19H,4-5,15H2,1-3H3,(H,24,27)/t16-,19+/m1/s1. The Labute approximate surface area is 169 Å². The van der Waals surface area contributed by atoms with E-state index >= 15 is 0 Å². The maximum atomic E-state index is 13.4. The molecule has 2 aromatic carbocycles. The van der Waals surface area contributed by atoms with E-state index in [-0.39, 0.29) is 24.1 Å². The molecule has 1 heterocycles. The number of nitrogens with zero attached hydrogens (tertiary/aromatic N) is 2. The highest BCUT2D eigenvalue weighted by Gasteiger charge is 2.25. The molecule has 0 unspecified atom stereocenters. The van der Waals surface area contributed by atoms with Crippen molar-refractivity contribution >= 4 is 16.8 Å². The first-order valence-corrected chi connectivity index (χ1v) is 10.1. The summed E-state index contributed by atoms with van der Waals surface area (Å²) in [6, 6.07) is 15.7. The summed E-state index contributed by atoms with van der Waals surface area (Å²) in [6.45, 7) is 5.96. The smallest absolute Gasteiger partial charge is 0.332 e. The molecule has 0 aliphatic heterocycles. The van der Waals surface area contributed by atoms with E-state index in [1.54, 1.807) is 24.3 Å². The van der Waals surface area contributed by atoms with Gasteiger partial charge in [0.05, 0.1) is 17.4 Å². The second-order valence-corrected chi connectivity index (χ2v) is 7.29. The van der Waals surface area contributed by atoms with Gasteiger partial charge >= 0.3 is 5.69 Å². The largest absolute Gasteiger partial charge is 0.352 e. The van der Waals surface area contributed by atoms with Crippen molar-refractivity contribution in [3.8, 4) is 0 Å². The monoisotopic (exact) mass is 393 g/mol. The zero-order valence-corrected chi connectivity index (χ0v) is 17.1. The third kappa shape index (κ3) is 4.16. The fourth-order valence-electron chi connectivity index (χ4n) is 3.46. The zero-order valence-electron chi connectivity index (χ0n) is 17.1. The maximum Gasteiger partial charge on any atom is 0.332 e. The van der Waals surface area contributed by atoms with E-state index in [0.29, 0.717) is 17.3 Å². The van der Waals surface area contributed by atoms with Crippen LogP contribution in [0.25, 0.3) is 10.9 Å². The van der Waals surface area contributed by atoms with Crippen molar-refractivity contribution in [1.82, 2.24) is 14.5 Å². The van der Waals surface area contributed by atoms with Gasteiger partial charge in [0.15, 0.2) is 0 Å². The molecule has 6 nitrogen and oxygen atoms in total. The van der Waals surface area contributed by atoms with E-state index in [9.17, 15) is 14.4 Å². The first kappa shape index (κ1) is 20.6. The molecule has 2 atom stereocenters. The number of benzene rings is 2. The first-order valence-electron chi connectivity index (χ1n) is 10.1. The van der Waals surface area contributed by atoms with Crippen LogP contribution < -0.4 is 16.6 Å². The van der Waals surface area contributed by atoms with E-state index in [1.807, 2.05) is 51.1 Å². The van der Waals surface area contributed by atoms with E-state index in [2.05, 4.69) is 5.32 Å². The van der Waals surface area contributed by atoms with Crippen molar-refractivity contribution in [2.45, 2.75) is 52.2 Å². The first-order chi connectivity index (χ1) is 14.0. The van der Waals surface area contributed by atoms with Crippen LogP contribution in [0, 0.1) is 0 Å². The SMILES string of the molecule is CC[C@@H](C)NC(=O)[C@H](CC)n1c(=O)n(Cc2ccccc2)c(=O)c2ccccc21. The summed E-state index contributed by atoms with van der Waals surface area (Å²) >= 11 is 0. The minimum absolute atomic E-state index is 0.00809.